The molecule has 0 saturated heterocycles. The highest BCUT2D eigenvalue weighted by molar-refractivity contribution is 6.31. The standard InChI is InChI=1S/C21H20ClN3O4/c1-3-10-25-20(27)16-7-5-4-6-15(16)19(24-25)21(28)29-12-18(26)23-14-9-8-13(2)17(22)11-14/h4-9,11H,3,10,12H2,1-2H3,(H,23,26). The number of ether oxygens (including phenoxy) is 1. The van der Waals surface area contributed by atoms with Gasteiger partial charge in [0, 0.05) is 22.6 Å². The third kappa shape index (κ3) is 4.63. The summed E-state index contributed by atoms with van der Waals surface area (Å²) in [5.74, 6) is -1.28. The normalized spacial score (nSPS) is 10.7. The van der Waals surface area contributed by atoms with Gasteiger partial charge in [-0.15, -0.1) is 0 Å². The van der Waals surface area contributed by atoms with Gasteiger partial charge in [0.1, 0.15) is 0 Å². The minimum atomic E-state index is -0.775. The molecular weight excluding hydrogens is 394 g/mol. The van der Waals surface area contributed by atoms with Crippen molar-refractivity contribution in [3.05, 3.63) is 69.1 Å². The first-order chi connectivity index (χ1) is 13.9. The molecule has 150 valence electrons. The van der Waals surface area contributed by atoms with Gasteiger partial charge in [0.25, 0.3) is 11.5 Å². The number of benzene rings is 2. The summed E-state index contributed by atoms with van der Waals surface area (Å²) in [6.45, 7) is 3.64. The number of aryl methyl sites for hydroxylation is 2. The van der Waals surface area contributed by atoms with Gasteiger partial charge in [0.05, 0.1) is 5.39 Å². The molecule has 1 aromatic heterocycles. The highest BCUT2D eigenvalue weighted by Gasteiger charge is 2.19. The second-order valence-electron chi connectivity index (χ2n) is 6.51. The monoisotopic (exact) mass is 413 g/mol. The van der Waals surface area contributed by atoms with Gasteiger partial charge in [0.2, 0.25) is 0 Å². The van der Waals surface area contributed by atoms with E-state index in [0.29, 0.717) is 34.4 Å². The van der Waals surface area contributed by atoms with Crippen molar-refractivity contribution in [2.45, 2.75) is 26.8 Å². The molecule has 0 aliphatic heterocycles. The Hall–Kier alpha value is -3.19. The van der Waals surface area contributed by atoms with Crippen LogP contribution in [0.2, 0.25) is 5.02 Å². The van der Waals surface area contributed by atoms with Crippen molar-refractivity contribution in [3.8, 4) is 0 Å². The van der Waals surface area contributed by atoms with Crippen molar-refractivity contribution in [3.63, 3.8) is 0 Å². The van der Waals surface area contributed by atoms with Crippen molar-refractivity contribution in [1.82, 2.24) is 9.78 Å². The smallest absolute Gasteiger partial charge is 0.359 e. The molecule has 3 aromatic rings. The predicted molar refractivity (Wildman–Crippen MR) is 111 cm³/mol. The first-order valence-electron chi connectivity index (χ1n) is 9.13. The first-order valence-corrected chi connectivity index (χ1v) is 9.51. The van der Waals surface area contributed by atoms with E-state index < -0.39 is 18.5 Å². The number of aromatic nitrogens is 2. The average molecular weight is 414 g/mol. The van der Waals surface area contributed by atoms with Gasteiger partial charge >= 0.3 is 5.97 Å². The lowest BCUT2D eigenvalue weighted by Gasteiger charge is -2.11. The van der Waals surface area contributed by atoms with Gasteiger partial charge in [-0.1, -0.05) is 42.8 Å². The molecule has 0 radical (unpaired) electrons. The average Bonchev–Trinajstić information content (AvgIpc) is 2.71. The molecule has 2 aromatic carbocycles. The van der Waals surface area contributed by atoms with Gasteiger partial charge in [-0.2, -0.15) is 5.10 Å². The molecule has 0 aliphatic carbocycles. The number of rotatable bonds is 6. The summed E-state index contributed by atoms with van der Waals surface area (Å²) in [4.78, 5) is 37.2. The molecule has 1 amide bonds. The van der Waals surface area contributed by atoms with Gasteiger partial charge < -0.3 is 10.1 Å². The number of hydrogen-bond donors (Lipinski definition) is 1. The van der Waals surface area contributed by atoms with E-state index in [1.54, 1.807) is 42.5 Å². The van der Waals surface area contributed by atoms with E-state index >= 15 is 0 Å². The quantitative estimate of drug-likeness (QED) is 0.624. The van der Waals surface area contributed by atoms with Crippen LogP contribution in [0.3, 0.4) is 0 Å². The second kappa shape index (κ2) is 8.87. The van der Waals surface area contributed by atoms with E-state index in [1.807, 2.05) is 13.8 Å². The highest BCUT2D eigenvalue weighted by Crippen LogP contribution is 2.20. The molecule has 0 spiro atoms. The Morgan fingerprint density at radius 1 is 1.17 bits per heavy atom. The highest BCUT2D eigenvalue weighted by atomic mass is 35.5. The van der Waals surface area contributed by atoms with E-state index in [-0.39, 0.29) is 11.3 Å². The summed E-state index contributed by atoms with van der Waals surface area (Å²) >= 11 is 6.04. The summed E-state index contributed by atoms with van der Waals surface area (Å²) in [5.41, 5.74) is 1.12. The maximum absolute atomic E-state index is 12.6. The van der Waals surface area contributed by atoms with Gasteiger partial charge in [-0.25, -0.2) is 9.48 Å². The van der Waals surface area contributed by atoms with Crippen LogP contribution >= 0.6 is 11.6 Å². The molecule has 8 heteroatoms. The number of carbonyl (C=O) groups excluding carboxylic acids is 2. The van der Waals surface area contributed by atoms with Gasteiger partial charge in [0.15, 0.2) is 12.3 Å². The Balaban J connectivity index is 1.77. The third-order valence-corrected chi connectivity index (χ3v) is 4.69. The molecular formula is C21H20ClN3O4. The maximum Gasteiger partial charge on any atom is 0.359 e. The van der Waals surface area contributed by atoms with Crippen LogP contribution in [0.25, 0.3) is 10.8 Å². The number of hydrogen-bond acceptors (Lipinski definition) is 5. The van der Waals surface area contributed by atoms with E-state index in [4.69, 9.17) is 16.3 Å². The van der Waals surface area contributed by atoms with Crippen LogP contribution in [0.4, 0.5) is 5.69 Å². The molecule has 29 heavy (non-hydrogen) atoms. The number of esters is 1. The fraction of sp³-hybridized carbons (Fsp3) is 0.238. The largest absolute Gasteiger partial charge is 0.451 e. The van der Waals surface area contributed by atoms with Crippen molar-refractivity contribution in [2.75, 3.05) is 11.9 Å². The topological polar surface area (TPSA) is 90.3 Å². The maximum atomic E-state index is 12.6. The molecule has 1 N–H and O–H groups in total. The van der Waals surface area contributed by atoms with E-state index in [9.17, 15) is 14.4 Å². The number of nitrogens with zero attached hydrogens (tertiary/aromatic N) is 2. The molecule has 3 rings (SSSR count). The van der Waals surface area contributed by atoms with Crippen LogP contribution in [0.1, 0.15) is 29.4 Å². The Morgan fingerprint density at radius 2 is 1.90 bits per heavy atom. The first kappa shape index (κ1) is 20.5. The van der Waals surface area contributed by atoms with Crippen molar-refractivity contribution >= 4 is 39.9 Å². The Morgan fingerprint density at radius 3 is 2.59 bits per heavy atom. The molecule has 0 bridgehead atoms. The third-order valence-electron chi connectivity index (χ3n) is 4.29. The van der Waals surface area contributed by atoms with Crippen molar-refractivity contribution < 1.29 is 14.3 Å². The zero-order chi connectivity index (χ0) is 21.0. The Kier molecular flexibility index (Phi) is 6.29. The van der Waals surface area contributed by atoms with Crippen LogP contribution in [-0.4, -0.2) is 28.3 Å². The van der Waals surface area contributed by atoms with Gasteiger partial charge in [-0.3, -0.25) is 9.59 Å². The molecule has 0 unspecified atom stereocenters. The summed E-state index contributed by atoms with van der Waals surface area (Å²) in [6, 6.07) is 11.8. The lowest BCUT2D eigenvalue weighted by atomic mass is 10.1. The number of amides is 1. The molecule has 0 aliphatic rings. The fourth-order valence-corrected chi connectivity index (χ4v) is 3.00. The number of anilines is 1. The van der Waals surface area contributed by atoms with Crippen LogP contribution in [-0.2, 0) is 16.1 Å². The summed E-state index contributed by atoms with van der Waals surface area (Å²) in [6.07, 6.45) is 0.682. The molecule has 0 saturated carbocycles. The lowest BCUT2D eigenvalue weighted by Crippen LogP contribution is -2.27. The minimum absolute atomic E-state index is 0.000157. The lowest BCUT2D eigenvalue weighted by molar-refractivity contribution is -0.119. The second-order valence-corrected chi connectivity index (χ2v) is 6.92. The summed E-state index contributed by atoms with van der Waals surface area (Å²) in [5, 5.41) is 8.06. The fourth-order valence-electron chi connectivity index (χ4n) is 2.82. The number of fused-ring (bicyclic) bond motifs is 1. The number of halogens is 1. The Labute approximate surface area is 172 Å². The molecule has 7 nitrogen and oxygen atoms in total. The number of carbonyl (C=O) groups is 2. The van der Waals surface area contributed by atoms with Crippen LogP contribution in [0, 0.1) is 6.92 Å². The van der Waals surface area contributed by atoms with E-state index in [0.717, 1.165) is 5.56 Å². The zero-order valence-electron chi connectivity index (χ0n) is 16.1. The predicted octanol–water partition coefficient (Wildman–Crippen LogP) is 3.56. The van der Waals surface area contributed by atoms with E-state index in [2.05, 4.69) is 10.4 Å². The SMILES string of the molecule is CCCn1nc(C(=O)OCC(=O)Nc2ccc(C)c(Cl)c2)c2ccccc2c1=O. The van der Waals surface area contributed by atoms with Crippen molar-refractivity contribution in [1.29, 1.82) is 0 Å². The van der Waals surface area contributed by atoms with Crippen LogP contribution < -0.4 is 10.9 Å². The summed E-state index contributed by atoms with van der Waals surface area (Å²) < 4.78 is 6.38. The molecule has 1 heterocycles. The molecule has 0 atom stereocenters. The minimum Gasteiger partial charge on any atom is -0.451 e. The van der Waals surface area contributed by atoms with Crippen LogP contribution in [0.15, 0.2) is 47.3 Å². The Bertz CT molecular complexity index is 1140. The number of nitrogens with one attached hydrogen (secondary N) is 1. The zero-order valence-corrected chi connectivity index (χ0v) is 16.8. The van der Waals surface area contributed by atoms with E-state index in [1.165, 1.54) is 4.68 Å². The van der Waals surface area contributed by atoms with Crippen LogP contribution in [0.5, 0.6) is 0 Å². The summed E-state index contributed by atoms with van der Waals surface area (Å²) in [7, 11) is 0. The van der Waals surface area contributed by atoms with Crippen molar-refractivity contribution in [2.24, 2.45) is 0 Å². The van der Waals surface area contributed by atoms with Gasteiger partial charge in [-0.05, 0) is 37.1 Å². The molecule has 0 fully saturated rings.